The van der Waals surface area contributed by atoms with Gasteiger partial charge in [0.25, 0.3) is 0 Å². The van der Waals surface area contributed by atoms with Crippen molar-refractivity contribution in [2.75, 3.05) is 4.90 Å². The van der Waals surface area contributed by atoms with Gasteiger partial charge in [-0.25, -0.2) is 0 Å². The molecule has 232 valence electrons. The van der Waals surface area contributed by atoms with Crippen molar-refractivity contribution in [3.05, 3.63) is 175 Å². The predicted octanol–water partition coefficient (Wildman–Crippen LogP) is 13.3. The van der Waals surface area contributed by atoms with E-state index in [1.165, 1.54) is 49.4 Å². The summed E-state index contributed by atoms with van der Waals surface area (Å²) in [5.74, 6) is 0. The molecule has 9 aromatic rings. The van der Waals surface area contributed by atoms with E-state index in [4.69, 9.17) is 4.42 Å². The second-order valence-electron chi connectivity index (χ2n) is 13.7. The molecule has 0 aliphatic heterocycles. The van der Waals surface area contributed by atoms with E-state index in [1.807, 2.05) is 6.07 Å². The Balaban J connectivity index is 1.23. The number of nitrogens with zero attached hydrogens (tertiary/aromatic N) is 1. The van der Waals surface area contributed by atoms with Crippen molar-refractivity contribution in [3.8, 4) is 22.3 Å². The van der Waals surface area contributed by atoms with Crippen LogP contribution in [0, 0.1) is 0 Å². The van der Waals surface area contributed by atoms with E-state index >= 15 is 0 Å². The average Bonchev–Trinajstić information content (AvgIpc) is 3.65. The van der Waals surface area contributed by atoms with Crippen LogP contribution in [0.15, 0.2) is 168 Å². The maximum absolute atomic E-state index is 6.66. The molecular formula is C47H33NO. The molecule has 0 saturated heterocycles. The largest absolute Gasteiger partial charge is 0.454 e. The molecule has 2 heteroatoms. The molecule has 0 fully saturated rings. The van der Waals surface area contributed by atoms with Crippen LogP contribution >= 0.6 is 0 Å². The van der Waals surface area contributed by atoms with Crippen molar-refractivity contribution in [2.45, 2.75) is 19.3 Å². The fraction of sp³-hybridized carbons (Fsp3) is 0.0638. The maximum Gasteiger partial charge on any atom is 0.159 e. The van der Waals surface area contributed by atoms with Crippen molar-refractivity contribution in [1.29, 1.82) is 0 Å². The van der Waals surface area contributed by atoms with Crippen LogP contribution in [-0.4, -0.2) is 0 Å². The summed E-state index contributed by atoms with van der Waals surface area (Å²) in [5.41, 5.74) is 12.7. The van der Waals surface area contributed by atoms with Gasteiger partial charge in [0.15, 0.2) is 5.58 Å². The predicted molar refractivity (Wildman–Crippen MR) is 206 cm³/mol. The van der Waals surface area contributed by atoms with Crippen molar-refractivity contribution < 1.29 is 4.42 Å². The Hall–Kier alpha value is -6.12. The van der Waals surface area contributed by atoms with Gasteiger partial charge in [0.05, 0.1) is 11.4 Å². The van der Waals surface area contributed by atoms with Crippen molar-refractivity contribution in [3.63, 3.8) is 0 Å². The average molecular weight is 628 g/mol. The topological polar surface area (TPSA) is 16.4 Å². The van der Waals surface area contributed by atoms with Crippen LogP contribution in [0.4, 0.5) is 17.1 Å². The highest BCUT2D eigenvalue weighted by Gasteiger charge is 2.38. The third kappa shape index (κ3) is 4.07. The van der Waals surface area contributed by atoms with Crippen LogP contribution < -0.4 is 4.90 Å². The van der Waals surface area contributed by atoms with Gasteiger partial charge in [0.1, 0.15) is 5.58 Å². The summed E-state index contributed by atoms with van der Waals surface area (Å²) in [7, 11) is 0. The molecule has 0 spiro atoms. The molecule has 0 atom stereocenters. The van der Waals surface area contributed by atoms with Crippen LogP contribution in [-0.2, 0) is 5.41 Å². The third-order valence-electron chi connectivity index (χ3n) is 10.6. The van der Waals surface area contributed by atoms with Gasteiger partial charge in [-0.2, -0.15) is 0 Å². The van der Waals surface area contributed by atoms with Gasteiger partial charge in [-0.05, 0) is 79.7 Å². The summed E-state index contributed by atoms with van der Waals surface area (Å²) < 4.78 is 6.66. The molecule has 0 saturated carbocycles. The van der Waals surface area contributed by atoms with E-state index < -0.39 is 0 Å². The van der Waals surface area contributed by atoms with E-state index in [1.54, 1.807) is 0 Å². The maximum atomic E-state index is 6.66. The molecule has 49 heavy (non-hydrogen) atoms. The van der Waals surface area contributed by atoms with Crippen LogP contribution in [0.5, 0.6) is 0 Å². The van der Waals surface area contributed by atoms with E-state index in [0.717, 1.165) is 44.6 Å². The van der Waals surface area contributed by atoms with E-state index in [-0.39, 0.29) is 5.41 Å². The number of anilines is 3. The third-order valence-corrected chi connectivity index (χ3v) is 10.6. The lowest BCUT2D eigenvalue weighted by molar-refractivity contribution is 0.667. The van der Waals surface area contributed by atoms with E-state index in [0.29, 0.717) is 0 Å². The van der Waals surface area contributed by atoms with Gasteiger partial charge in [-0.3, -0.25) is 0 Å². The fourth-order valence-corrected chi connectivity index (χ4v) is 8.40. The first kappa shape index (κ1) is 27.9. The highest BCUT2D eigenvalue weighted by molar-refractivity contribution is 6.12. The number of para-hydroxylation sites is 3. The summed E-state index contributed by atoms with van der Waals surface area (Å²) in [6, 6.07) is 59.2. The lowest BCUT2D eigenvalue weighted by Gasteiger charge is -2.29. The van der Waals surface area contributed by atoms with Crippen LogP contribution in [0.25, 0.3) is 65.7 Å². The zero-order chi connectivity index (χ0) is 32.7. The molecule has 10 rings (SSSR count). The standard InChI is InChI=1S/C47H33NO/c1-47(2)40-28-24-31-15-6-7-17-35(31)44(40)39-26-23-32-29-33(25-27-36(32)45(39)47)48(41-20-10-8-16-34(41)30-13-4-3-5-14-30)42-21-12-19-38-37-18-9-11-22-43(37)49-46(38)42/h3-29H,1-2H3. The van der Waals surface area contributed by atoms with Crippen LogP contribution in [0.3, 0.4) is 0 Å². The Morgan fingerprint density at radius 1 is 0.490 bits per heavy atom. The molecular weight excluding hydrogens is 595 g/mol. The highest BCUT2D eigenvalue weighted by atomic mass is 16.3. The summed E-state index contributed by atoms with van der Waals surface area (Å²) in [6.45, 7) is 4.76. The molecule has 2 nitrogen and oxygen atoms in total. The second-order valence-corrected chi connectivity index (χ2v) is 13.7. The number of fused-ring (bicyclic) bond motifs is 10. The van der Waals surface area contributed by atoms with E-state index in [9.17, 15) is 0 Å². The highest BCUT2D eigenvalue weighted by Crippen LogP contribution is 2.54. The van der Waals surface area contributed by atoms with Gasteiger partial charge in [0, 0.05) is 27.4 Å². The van der Waals surface area contributed by atoms with Crippen LogP contribution in [0.1, 0.15) is 25.0 Å². The Morgan fingerprint density at radius 3 is 2.10 bits per heavy atom. The Labute approximate surface area is 285 Å². The first-order valence-corrected chi connectivity index (χ1v) is 17.0. The van der Waals surface area contributed by atoms with Crippen molar-refractivity contribution >= 4 is 60.5 Å². The molecule has 1 aliphatic carbocycles. The van der Waals surface area contributed by atoms with Crippen molar-refractivity contribution in [1.82, 2.24) is 0 Å². The zero-order valence-electron chi connectivity index (χ0n) is 27.4. The van der Waals surface area contributed by atoms with Gasteiger partial charge in [-0.1, -0.05) is 147 Å². The molecule has 8 aromatic carbocycles. The minimum atomic E-state index is -0.130. The van der Waals surface area contributed by atoms with E-state index in [2.05, 4.69) is 176 Å². The molecule has 0 radical (unpaired) electrons. The van der Waals surface area contributed by atoms with Crippen LogP contribution in [0.2, 0.25) is 0 Å². The Morgan fingerprint density at radius 2 is 1.20 bits per heavy atom. The van der Waals surface area contributed by atoms with Gasteiger partial charge < -0.3 is 9.32 Å². The smallest absolute Gasteiger partial charge is 0.159 e. The lowest BCUT2D eigenvalue weighted by Crippen LogP contribution is -2.15. The number of hydrogen-bond donors (Lipinski definition) is 0. The fourth-order valence-electron chi connectivity index (χ4n) is 8.40. The molecule has 1 aromatic heterocycles. The normalized spacial score (nSPS) is 13.3. The zero-order valence-corrected chi connectivity index (χ0v) is 27.4. The minimum Gasteiger partial charge on any atom is -0.454 e. The van der Waals surface area contributed by atoms with Crippen molar-refractivity contribution in [2.24, 2.45) is 0 Å². The molecule has 1 heterocycles. The summed E-state index contributed by atoms with van der Waals surface area (Å²) in [6.07, 6.45) is 0. The van der Waals surface area contributed by atoms with Gasteiger partial charge >= 0.3 is 0 Å². The van der Waals surface area contributed by atoms with Gasteiger partial charge in [0.2, 0.25) is 0 Å². The Bertz CT molecular complexity index is 2750. The first-order valence-electron chi connectivity index (χ1n) is 17.0. The number of hydrogen-bond acceptors (Lipinski definition) is 2. The molecule has 0 bridgehead atoms. The summed E-state index contributed by atoms with van der Waals surface area (Å²) in [4.78, 5) is 2.38. The first-order chi connectivity index (χ1) is 24.1. The summed E-state index contributed by atoms with van der Waals surface area (Å²) in [5, 5.41) is 7.36. The second kappa shape index (κ2) is 10.4. The van der Waals surface area contributed by atoms with Gasteiger partial charge in [-0.15, -0.1) is 0 Å². The number of rotatable bonds is 4. The lowest BCUT2D eigenvalue weighted by atomic mass is 9.80. The quantitative estimate of drug-likeness (QED) is 0.193. The molecule has 1 aliphatic rings. The molecule has 0 amide bonds. The minimum absolute atomic E-state index is 0.130. The number of benzene rings is 8. The SMILES string of the molecule is CC1(C)c2ccc3ccccc3c2-c2ccc3cc(N(c4ccccc4-c4ccccc4)c4cccc5c4oc4ccccc45)ccc3c21. The monoisotopic (exact) mass is 627 g/mol. The molecule has 0 N–H and O–H groups in total. The molecule has 0 unspecified atom stereocenters. The number of furan rings is 1. The Kier molecular flexibility index (Phi) is 5.95. The summed E-state index contributed by atoms with van der Waals surface area (Å²) >= 11 is 0.